The van der Waals surface area contributed by atoms with Crippen molar-refractivity contribution in [3.05, 3.63) is 70.2 Å². The van der Waals surface area contributed by atoms with E-state index in [-0.39, 0.29) is 24.9 Å². The average Bonchev–Trinajstić information content (AvgIpc) is 2.64. The van der Waals surface area contributed by atoms with E-state index in [0.29, 0.717) is 29.1 Å². The smallest absolute Gasteiger partial charge is 0.306 e. The first-order chi connectivity index (χ1) is 12.1. The van der Waals surface area contributed by atoms with Gasteiger partial charge >= 0.3 is 5.97 Å². The highest BCUT2D eigenvalue weighted by molar-refractivity contribution is 6.30. The van der Waals surface area contributed by atoms with Gasteiger partial charge in [-0.2, -0.15) is 5.26 Å². The molecular formula is C19H17ClN2O3. The normalized spacial score (nSPS) is 9.92. The number of hydrogen-bond acceptors (Lipinski definition) is 4. The number of halogens is 1. The molecule has 0 spiro atoms. The lowest BCUT2D eigenvalue weighted by Crippen LogP contribution is -2.24. The van der Waals surface area contributed by atoms with Gasteiger partial charge in [-0.15, -0.1) is 0 Å². The Bertz CT molecular complexity index is 765. The Labute approximate surface area is 151 Å². The van der Waals surface area contributed by atoms with Crippen LogP contribution in [0.2, 0.25) is 5.02 Å². The maximum atomic E-state index is 11.9. The van der Waals surface area contributed by atoms with Gasteiger partial charge in [0.1, 0.15) is 6.61 Å². The summed E-state index contributed by atoms with van der Waals surface area (Å²) < 4.78 is 5.16. The van der Waals surface area contributed by atoms with Crippen molar-refractivity contribution in [1.29, 1.82) is 5.26 Å². The third-order valence-corrected chi connectivity index (χ3v) is 3.68. The van der Waals surface area contributed by atoms with Crippen LogP contribution < -0.4 is 5.32 Å². The molecule has 0 radical (unpaired) electrons. The second-order valence-electron chi connectivity index (χ2n) is 5.34. The molecule has 0 unspecified atom stereocenters. The molecular weight excluding hydrogens is 340 g/mol. The fraction of sp³-hybridized carbons (Fsp3) is 0.211. The van der Waals surface area contributed by atoms with Crippen molar-refractivity contribution in [1.82, 2.24) is 5.32 Å². The molecule has 0 aliphatic heterocycles. The minimum atomic E-state index is -0.329. The molecule has 6 heteroatoms. The van der Waals surface area contributed by atoms with Gasteiger partial charge in [-0.3, -0.25) is 9.59 Å². The second-order valence-corrected chi connectivity index (χ2v) is 5.77. The highest BCUT2D eigenvalue weighted by Gasteiger charge is 2.07. The first kappa shape index (κ1) is 18.5. The fourth-order valence-electron chi connectivity index (χ4n) is 2.05. The van der Waals surface area contributed by atoms with E-state index in [0.717, 1.165) is 5.56 Å². The maximum Gasteiger partial charge on any atom is 0.306 e. The van der Waals surface area contributed by atoms with Crippen molar-refractivity contribution >= 4 is 23.5 Å². The molecule has 0 aliphatic carbocycles. The minimum Gasteiger partial charge on any atom is -0.461 e. The number of benzene rings is 2. The summed E-state index contributed by atoms with van der Waals surface area (Å²) in [7, 11) is 0. The van der Waals surface area contributed by atoms with Crippen LogP contribution in [0, 0.1) is 11.3 Å². The number of rotatable bonds is 7. The van der Waals surface area contributed by atoms with E-state index >= 15 is 0 Å². The molecule has 0 heterocycles. The van der Waals surface area contributed by atoms with E-state index in [4.69, 9.17) is 21.6 Å². The Hall–Kier alpha value is -2.84. The van der Waals surface area contributed by atoms with Gasteiger partial charge in [0, 0.05) is 23.6 Å². The number of esters is 1. The summed E-state index contributed by atoms with van der Waals surface area (Å²) in [6.07, 6.45) is 0.711. The van der Waals surface area contributed by atoms with E-state index in [2.05, 4.69) is 5.32 Å². The molecule has 128 valence electrons. The number of nitrogens with one attached hydrogen (secondary N) is 1. The number of carbonyl (C=O) groups is 2. The molecule has 0 aromatic heterocycles. The molecule has 0 bridgehead atoms. The Morgan fingerprint density at radius 1 is 1.08 bits per heavy atom. The largest absolute Gasteiger partial charge is 0.461 e. The third kappa shape index (κ3) is 6.28. The molecule has 0 aliphatic rings. The van der Waals surface area contributed by atoms with E-state index in [1.54, 1.807) is 48.5 Å². The summed E-state index contributed by atoms with van der Waals surface area (Å²) in [4.78, 5) is 23.6. The van der Waals surface area contributed by atoms with E-state index < -0.39 is 0 Å². The van der Waals surface area contributed by atoms with Crippen LogP contribution in [0.5, 0.6) is 0 Å². The van der Waals surface area contributed by atoms with Crippen molar-refractivity contribution in [3.63, 3.8) is 0 Å². The summed E-state index contributed by atoms with van der Waals surface area (Å²) in [6, 6.07) is 15.5. The van der Waals surface area contributed by atoms with Crippen LogP contribution in [0.25, 0.3) is 0 Å². The van der Waals surface area contributed by atoms with Crippen LogP contribution in [0.1, 0.15) is 34.3 Å². The zero-order valence-corrected chi connectivity index (χ0v) is 14.3. The third-order valence-electron chi connectivity index (χ3n) is 3.43. The summed E-state index contributed by atoms with van der Waals surface area (Å²) in [5, 5.41) is 12.0. The molecule has 0 atom stereocenters. The number of amides is 1. The molecule has 25 heavy (non-hydrogen) atoms. The Morgan fingerprint density at radius 3 is 2.40 bits per heavy atom. The highest BCUT2D eigenvalue weighted by Crippen LogP contribution is 2.09. The average molecular weight is 357 g/mol. The van der Waals surface area contributed by atoms with Crippen LogP contribution >= 0.6 is 11.6 Å². The van der Waals surface area contributed by atoms with Crippen molar-refractivity contribution in [3.8, 4) is 6.07 Å². The van der Waals surface area contributed by atoms with E-state index in [9.17, 15) is 9.59 Å². The predicted octanol–water partition coefficient (Wildman–Crippen LogP) is 3.47. The van der Waals surface area contributed by atoms with E-state index in [1.165, 1.54) is 0 Å². The first-order valence-corrected chi connectivity index (χ1v) is 8.14. The Balaban J connectivity index is 1.64. The van der Waals surface area contributed by atoms with Gasteiger partial charge in [-0.1, -0.05) is 23.7 Å². The van der Waals surface area contributed by atoms with Crippen LogP contribution in [0.3, 0.4) is 0 Å². The van der Waals surface area contributed by atoms with Crippen molar-refractivity contribution in [2.75, 3.05) is 6.54 Å². The van der Waals surface area contributed by atoms with Gasteiger partial charge < -0.3 is 10.1 Å². The molecule has 1 amide bonds. The molecule has 0 fully saturated rings. The van der Waals surface area contributed by atoms with Gasteiger partial charge in [-0.05, 0) is 48.4 Å². The van der Waals surface area contributed by atoms with Crippen molar-refractivity contribution in [2.45, 2.75) is 19.4 Å². The molecule has 5 nitrogen and oxygen atoms in total. The standard InChI is InChI=1S/C19H17ClN2O3/c20-17-9-7-16(8-10-17)19(24)22-11-1-2-18(23)25-13-15-5-3-14(12-21)4-6-15/h3-10H,1-2,11,13H2,(H,22,24). The van der Waals surface area contributed by atoms with E-state index in [1.807, 2.05) is 6.07 Å². The molecule has 2 rings (SSSR count). The van der Waals surface area contributed by atoms with Crippen molar-refractivity contribution in [2.24, 2.45) is 0 Å². The lowest BCUT2D eigenvalue weighted by atomic mass is 10.2. The van der Waals surface area contributed by atoms with Crippen LogP contribution in [0.15, 0.2) is 48.5 Å². The van der Waals surface area contributed by atoms with Crippen LogP contribution in [-0.4, -0.2) is 18.4 Å². The predicted molar refractivity (Wildman–Crippen MR) is 94.0 cm³/mol. The second kappa shape index (κ2) is 9.45. The van der Waals surface area contributed by atoms with Gasteiger partial charge in [0.05, 0.1) is 11.6 Å². The van der Waals surface area contributed by atoms with Crippen molar-refractivity contribution < 1.29 is 14.3 Å². The molecule has 0 saturated carbocycles. The summed E-state index contributed by atoms with van der Waals surface area (Å²) >= 11 is 5.77. The topological polar surface area (TPSA) is 79.2 Å². The fourth-order valence-corrected chi connectivity index (χ4v) is 2.18. The lowest BCUT2D eigenvalue weighted by molar-refractivity contribution is -0.145. The zero-order valence-electron chi connectivity index (χ0n) is 13.5. The van der Waals surface area contributed by atoms with Crippen LogP contribution in [-0.2, 0) is 16.1 Å². The monoisotopic (exact) mass is 356 g/mol. The van der Waals surface area contributed by atoms with Gasteiger partial charge in [0.2, 0.25) is 0 Å². The Kier molecular flexibility index (Phi) is 7.00. The quantitative estimate of drug-likeness (QED) is 0.608. The number of nitriles is 1. The number of nitrogens with zero attached hydrogens (tertiary/aromatic N) is 1. The molecule has 0 saturated heterocycles. The molecule has 2 aromatic carbocycles. The zero-order chi connectivity index (χ0) is 18.1. The Morgan fingerprint density at radius 2 is 1.76 bits per heavy atom. The number of carbonyl (C=O) groups excluding carboxylic acids is 2. The first-order valence-electron chi connectivity index (χ1n) is 7.77. The van der Waals surface area contributed by atoms with Crippen LogP contribution in [0.4, 0.5) is 0 Å². The number of hydrogen-bond donors (Lipinski definition) is 1. The summed E-state index contributed by atoms with van der Waals surface area (Å²) in [6.45, 7) is 0.551. The minimum absolute atomic E-state index is 0.168. The lowest BCUT2D eigenvalue weighted by Gasteiger charge is -2.07. The molecule has 1 N–H and O–H groups in total. The van der Waals surface area contributed by atoms with Gasteiger partial charge in [0.25, 0.3) is 5.91 Å². The SMILES string of the molecule is N#Cc1ccc(COC(=O)CCCNC(=O)c2ccc(Cl)cc2)cc1. The van der Waals surface area contributed by atoms with Gasteiger partial charge in [0.15, 0.2) is 0 Å². The molecule has 2 aromatic rings. The summed E-state index contributed by atoms with van der Waals surface area (Å²) in [5.74, 6) is -0.535. The summed E-state index contributed by atoms with van der Waals surface area (Å²) in [5.41, 5.74) is 1.91. The number of ether oxygens (including phenoxy) is 1. The van der Waals surface area contributed by atoms with Gasteiger partial charge in [-0.25, -0.2) is 0 Å². The highest BCUT2D eigenvalue weighted by atomic mass is 35.5. The maximum absolute atomic E-state index is 11.9.